The topological polar surface area (TPSA) is 333 Å². The highest BCUT2D eigenvalue weighted by molar-refractivity contribution is 5.75. The van der Waals surface area contributed by atoms with Crippen molar-refractivity contribution in [2.45, 2.75) is 156 Å². The van der Waals surface area contributed by atoms with E-state index in [1.54, 1.807) is 12.4 Å². The van der Waals surface area contributed by atoms with Crippen LogP contribution in [0.1, 0.15) is 156 Å². The quantitative estimate of drug-likeness (QED) is 0.0773. The van der Waals surface area contributed by atoms with Crippen molar-refractivity contribution in [3.63, 3.8) is 0 Å². The first-order valence-electron chi connectivity index (χ1n) is 55.9. The molecule has 7 aliphatic heterocycles. The fourth-order valence-corrected chi connectivity index (χ4v) is 16.5. The maximum atomic E-state index is 11.8. The van der Waals surface area contributed by atoms with Gasteiger partial charge in [0.1, 0.15) is 0 Å². The first-order chi connectivity index (χ1) is 70.4. The van der Waals surface area contributed by atoms with Crippen LogP contribution >= 0.6 is 0 Å². The lowest BCUT2D eigenvalue weighted by atomic mass is 9.86. The summed E-state index contributed by atoms with van der Waals surface area (Å²) in [5.41, 5.74) is 12.5. The van der Waals surface area contributed by atoms with Gasteiger partial charge in [0, 0.05) is 194 Å². The third kappa shape index (κ3) is 64.3. The first kappa shape index (κ1) is 127. The highest BCUT2D eigenvalue weighted by atomic mass is 16.1. The SMILES string of the molecule is C1CNCCCNCCCNC1.C1CNCCCNCCCNCCCNC1.C1CNCCNCCCNCCNC1.C1CNCCNCCN1.C1CNCCNCCNCCN1.CC(C)(C)c1ccc(-c2cc(-c3cc(C(C)(C)C)ccn3)nc(-c3cc(C(C)(C)C)ccn3)c2)cc1.CN1CCCN(C)CCCN(C)CCC1.CN1CCN(C)CCN(C)CC1.O=c1cc(-c2ccccn2)[nH]c(-c2ccccn2)c1. The van der Waals surface area contributed by atoms with Crippen molar-refractivity contribution in [3.05, 3.63) is 161 Å². The molecule has 0 unspecified atom stereocenters. The maximum Gasteiger partial charge on any atom is 0.182 e. The molecule has 0 amide bonds. The van der Waals surface area contributed by atoms with Crippen LogP contribution in [0.2, 0.25) is 0 Å². The molecule has 0 bridgehead atoms. The van der Waals surface area contributed by atoms with Gasteiger partial charge in [0.05, 0.1) is 45.6 Å². The largest absolute Gasteiger partial charge is 0.352 e. The van der Waals surface area contributed by atoms with Gasteiger partial charge in [0.25, 0.3) is 0 Å². The number of benzene rings is 1. The summed E-state index contributed by atoms with van der Waals surface area (Å²) in [5, 5.41) is 61.2. The first-order valence-corrected chi connectivity index (χ1v) is 55.9. The number of aromatic amines is 1. The minimum atomic E-state index is -0.0694. The maximum absolute atomic E-state index is 11.8. The summed E-state index contributed by atoms with van der Waals surface area (Å²) >= 11 is 0. The van der Waals surface area contributed by atoms with Crippen LogP contribution in [0, 0.1) is 0 Å². The van der Waals surface area contributed by atoms with Crippen molar-refractivity contribution in [3.8, 4) is 56.7 Å². The molecule has 818 valence electrons. The molecule has 13 heterocycles. The molecular weight excluding hydrogens is 1810 g/mol. The van der Waals surface area contributed by atoms with Crippen LogP contribution in [0.25, 0.3) is 56.7 Å². The molecule has 19 N–H and O–H groups in total. The van der Waals surface area contributed by atoms with E-state index in [9.17, 15) is 4.79 Å². The van der Waals surface area contributed by atoms with Crippen LogP contribution in [-0.4, -0.2) is 416 Å². The summed E-state index contributed by atoms with van der Waals surface area (Å²) in [6.45, 7) is 74.9. The number of likely N-dealkylation sites (N-methyl/N-ethyl adjacent to an activating group) is 3. The molecule has 14 rings (SSSR count). The van der Waals surface area contributed by atoms with E-state index in [-0.39, 0.29) is 21.7 Å². The van der Waals surface area contributed by atoms with Crippen molar-refractivity contribution in [2.24, 2.45) is 0 Å². The number of hydrogen-bond acceptors (Lipinski definition) is 30. The normalized spacial score (nSPS) is 19.7. The Morgan fingerprint density at radius 1 is 0.207 bits per heavy atom. The Morgan fingerprint density at radius 2 is 0.428 bits per heavy atom. The number of hydrogen-bond donors (Lipinski definition) is 19. The predicted molar refractivity (Wildman–Crippen MR) is 618 cm³/mol. The molecule has 31 heteroatoms. The van der Waals surface area contributed by atoms with Gasteiger partial charge in [0.15, 0.2) is 5.43 Å². The Balaban J connectivity index is 0.000000259. The summed E-state index contributed by atoms with van der Waals surface area (Å²) in [4.78, 5) is 52.5. The van der Waals surface area contributed by atoms with Gasteiger partial charge in [0.2, 0.25) is 0 Å². The van der Waals surface area contributed by atoms with Gasteiger partial charge < -0.3 is 130 Å². The third-order valence-corrected chi connectivity index (χ3v) is 25.9. The molecule has 1 aromatic carbocycles. The highest BCUT2D eigenvalue weighted by Crippen LogP contribution is 2.34. The third-order valence-electron chi connectivity index (χ3n) is 25.9. The second-order valence-corrected chi connectivity index (χ2v) is 42.4. The number of pyridine rings is 6. The smallest absolute Gasteiger partial charge is 0.182 e. The molecule has 0 atom stereocenters. The standard InChI is InChI=1S/C33H39N3.C15H11N3O.C12H28N4.C12H27N3.C10H24N4.2C9H21N3.C8H20N4.C6H15N3/c1-31(2,3)24-12-10-22(11-13-24)23-18-29(27-20-25(14-16-34-27)32(4,5)6)36-30(19-23)28-21-26(15-17-35-28)33(7,8)9;19-11-9-14(12-5-1-3-7-16-12)18-15(10-11)13-6-2-4-8-17-13;1-5-13-7-2-9-15-11-4-12-16-10-3-8-14-6-1;1-13-7-4-9-14(2)11-6-12-15(3)10-5-8-13;1-3-11-7-9-13-5-2-6-14-10-8-12-4-1;1-10-4-6-11(2)8-9-12(3)7-5-10;1-4-10-6-2-8-12-9-3-7-11-5-1;1-2-10-5-6-12-8-7-11-4-3-9-1;1-2-8-5-6-9-4-3-7-1/h10-21H,1-9H3;1-10H,(H,18,19);13-16H,1-12H2;4-12H2,1-3H3;11-14H,1-10H2;4-9H2,1-3H3;10-12H,1-9H2;9-12H,1-8H2;7-9H,1-6H2. The van der Waals surface area contributed by atoms with E-state index in [1.807, 2.05) is 48.8 Å². The van der Waals surface area contributed by atoms with Gasteiger partial charge in [-0.2, -0.15) is 0 Å². The summed E-state index contributed by atoms with van der Waals surface area (Å²) < 4.78 is 0. The van der Waals surface area contributed by atoms with Crippen LogP contribution in [-0.2, 0) is 16.2 Å². The van der Waals surface area contributed by atoms with E-state index < -0.39 is 0 Å². The van der Waals surface area contributed by atoms with Crippen molar-refractivity contribution < 1.29 is 0 Å². The molecular formula is C114H206N30O. The van der Waals surface area contributed by atoms with E-state index in [1.165, 1.54) is 184 Å². The number of H-pyrrole nitrogens is 1. The average Bonchev–Trinajstić information content (AvgIpc) is 0.794. The minimum absolute atomic E-state index is 0.0313. The van der Waals surface area contributed by atoms with Gasteiger partial charge in [-0.3, -0.25) is 24.7 Å². The van der Waals surface area contributed by atoms with Gasteiger partial charge in [-0.05, 0) is 381 Å². The zero-order valence-electron chi connectivity index (χ0n) is 93.5. The molecule has 0 radical (unpaired) electrons. The van der Waals surface area contributed by atoms with Crippen molar-refractivity contribution in [1.82, 2.24) is 155 Å². The molecule has 31 nitrogen and oxygen atoms in total. The van der Waals surface area contributed by atoms with Crippen molar-refractivity contribution >= 4 is 0 Å². The Labute approximate surface area is 879 Å². The van der Waals surface area contributed by atoms with Gasteiger partial charge in [-0.15, -0.1) is 0 Å². The summed E-state index contributed by atoms with van der Waals surface area (Å²) in [7, 11) is 13.3. The van der Waals surface area contributed by atoms with Gasteiger partial charge in [-0.1, -0.05) is 98.7 Å². The van der Waals surface area contributed by atoms with E-state index >= 15 is 0 Å². The van der Waals surface area contributed by atoms with Crippen LogP contribution in [0.15, 0.2) is 139 Å². The predicted octanol–water partition coefficient (Wildman–Crippen LogP) is 8.15. The zero-order valence-corrected chi connectivity index (χ0v) is 93.5. The van der Waals surface area contributed by atoms with Crippen LogP contribution in [0.4, 0.5) is 0 Å². The molecule has 7 fully saturated rings. The Hall–Kier alpha value is -7.04. The number of aromatic nitrogens is 6. The summed E-state index contributed by atoms with van der Waals surface area (Å²) in [5.74, 6) is 0. The molecule has 7 aliphatic rings. The molecule has 145 heavy (non-hydrogen) atoms. The van der Waals surface area contributed by atoms with Crippen molar-refractivity contribution in [2.75, 3.05) is 356 Å². The Morgan fingerprint density at radius 3 is 0.655 bits per heavy atom. The van der Waals surface area contributed by atoms with E-state index in [4.69, 9.17) is 15.0 Å². The minimum Gasteiger partial charge on any atom is -0.352 e. The molecule has 0 saturated carbocycles. The van der Waals surface area contributed by atoms with Crippen molar-refractivity contribution in [1.29, 1.82) is 0 Å². The molecule has 0 spiro atoms. The Kier molecular flexibility index (Phi) is 70.6. The van der Waals surface area contributed by atoms with Gasteiger partial charge >= 0.3 is 0 Å². The molecule has 7 aromatic rings. The number of nitrogens with one attached hydrogen (secondary N) is 19. The molecule has 6 aromatic heterocycles. The van der Waals surface area contributed by atoms with Crippen LogP contribution in [0.5, 0.6) is 0 Å². The lowest BCUT2D eigenvalue weighted by Gasteiger charge is -2.24. The van der Waals surface area contributed by atoms with Gasteiger partial charge in [-0.25, -0.2) is 4.98 Å². The Bertz CT molecular complexity index is 3820. The second-order valence-electron chi connectivity index (χ2n) is 42.4. The fourth-order valence-electron chi connectivity index (χ4n) is 16.5. The summed E-state index contributed by atoms with van der Waals surface area (Å²) in [6, 6.07) is 35.9. The molecule has 0 aliphatic carbocycles. The second kappa shape index (κ2) is 80.8. The fraction of sp³-hybridized carbons (Fsp3) is 0.684. The highest BCUT2D eigenvalue weighted by Gasteiger charge is 2.21. The average molecular weight is 2010 g/mol. The zero-order chi connectivity index (χ0) is 104. The van der Waals surface area contributed by atoms with Crippen LogP contribution in [0.3, 0.4) is 0 Å². The van der Waals surface area contributed by atoms with E-state index in [2.05, 4.69) is 305 Å². The van der Waals surface area contributed by atoms with Crippen LogP contribution < -0.4 is 101 Å². The van der Waals surface area contributed by atoms with E-state index in [0.29, 0.717) is 11.4 Å². The number of nitrogens with zero attached hydrogens (tertiary/aromatic N) is 11. The molecule has 7 saturated heterocycles. The lowest BCUT2D eigenvalue weighted by molar-refractivity contribution is 0.229. The van der Waals surface area contributed by atoms with E-state index in [0.717, 1.165) is 281 Å². The number of rotatable bonds is 5. The lowest BCUT2D eigenvalue weighted by Crippen LogP contribution is -2.39. The summed E-state index contributed by atoms with van der Waals surface area (Å²) in [6.07, 6.45) is 22.3. The monoisotopic (exact) mass is 2010 g/mol.